The van der Waals surface area contributed by atoms with Crippen molar-refractivity contribution in [2.75, 3.05) is 0 Å². The Balaban J connectivity index is 2.45. The fraction of sp³-hybridized carbons (Fsp3) is 0.308. The largest absolute Gasteiger partial charge is 0.433 e. The van der Waals surface area contributed by atoms with E-state index in [-0.39, 0.29) is 11.8 Å². The van der Waals surface area contributed by atoms with Crippen molar-refractivity contribution in [2.24, 2.45) is 0 Å². The predicted octanol–water partition coefficient (Wildman–Crippen LogP) is 4.49. The maximum absolute atomic E-state index is 12.5. The van der Waals surface area contributed by atoms with E-state index >= 15 is 0 Å². The molecular weight excluding hydrogens is 318 g/mol. The van der Waals surface area contributed by atoms with Crippen LogP contribution in [0.25, 0.3) is 11.1 Å². The van der Waals surface area contributed by atoms with E-state index in [0.29, 0.717) is 10.0 Å². The fourth-order valence-electron chi connectivity index (χ4n) is 1.70. The first kappa shape index (κ1) is 14.0. The molecule has 1 heterocycles. The van der Waals surface area contributed by atoms with Gasteiger partial charge in [-0.05, 0) is 35.8 Å². The minimum absolute atomic E-state index is 0.126. The van der Waals surface area contributed by atoms with E-state index in [1.807, 2.05) is 20.0 Å². The lowest BCUT2D eigenvalue weighted by atomic mass is 10.1. The maximum atomic E-state index is 12.5. The molecule has 0 aliphatic carbocycles. The molecule has 2 aromatic rings. The zero-order valence-corrected chi connectivity index (χ0v) is 12.1. The van der Waals surface area contributed by atoms with Crippen molar-refractivity contribution in [1.82, 2.24) is 9.78 Å². The smallest absolute Gasteiger partial charge is 0.387 e. The number of alkyl halides is 2. The zero-order chi connectivity index (χ0) is 14.0. The van der Waals surface area contributed by atoms with Crippen LogP contribution >= 0.6 is 15.9 Å². The summed E-state index contributed by atoms with van der Waals surface area (Å²) in [5, 5.41) is 4.20. The Morgan fingerprint density at radius 3 is 2.63 bits per heavy atom. The molecule has 0 amide bonds. The minimum Gasteiger partial charge on any atom is -0.433 e. The molecule has 3 nitrogen and oxygen atoms in total. The van der Waals surface area contributed by atoms with Crippen LogP contribution in [0.5, 0.6) is 5.75 Å². The zero-order valence-electron chi connectivity index (χ0n) is 10.5. The van der Waals surface area contributed by atoms with Crippen molar-refractivity contribution < 1.29 is 13.5 Å². The van der Waals surface area contributed by atoms with Gasteiger partial charge in [0.05, 0.1) is 10.7 Å². The minimum atomic E-state index is -2.86. The van der Waals surface area contributed by atoms with Crippen molar-refractivity contribution >= 4 is 15.9 Å². The Morgan fingerprint density at radius 2 is 2.05 bits per heavy atom. The molecule has 6 heteroatoms. The third kappa shape index (κ3) is 3.12. The summed E-state index contributed by atoms with van der Waals surface area (Å²) in [7, 11) is 0. The van der Waals surface area contributed by atoms with E-state index in [1.165, 1.54) is 0 Å². The van der Waals surface area contributed by atoms with Crippen LogP contribution in [0.15, 0.2) is 35.1 Å². The molecule has 0 saturated heterocycles. The first-order chi connectivity index (χ1) is 8.99. The van der Waals surface area contributed by atoms with E-state index in [2.05, 4.69) is 25.8 Å². The van der Waals surface area contributed by atoms with Gasteiger partial charge in [-0.15, -0.1) is 0 Å². The molecule has 0 radical (unpaired) electrons. The molecule has 0 atom stereocenters. The number of benzene rings is 1. The number of aromatic nitrogens is 2. The first-order valence-corrected chi connectivity index (χ1v) is 6.56. The van der Waals surface area contributed by atoms with Gasteiger partial charge < -0.3 is 4.74 Å². The van der Waals surface area contributed by atoms with E-state index in [0.717, 1.165) is 5.56 Å². The Labute approximate surface area is 118 Å². The second-order valence-electron chi connectivity index (χ2n) is 4.30. The standard InChI is InChI=1S/C13H13BrF2N2O/c1-8(2)18-7-9(6-17-18)10-4-3-5-11(14)12(10)19-13(15)16/h3-8,13H,1-2H3. The number of hydrogen-bond donors (Lipinski definition) is 0. The summed E-state index contributed by atoms with van der Waals surface area (Å²) < 4.78 is 31.8. The van der Waals surface area contributed by atoms with Gasteiger partial charge in [-0.3, -0.25) is 4.68 Å². The van der Waals surface area contributed by atoms with E-state index in [4.69, 9.17) is 0 Å². The Kier molecular flexibility index (Phi) is 4.19. The Bertz CT molecular complexity index is 570. The van der Waals surface area contributed by atoms with Gasteiger partial charge in [0.1, 0.15) is 5.75 Å². The maximum Gasteiger partial charge on any atom is 0.387 e. The van der Waals surface area contributed by atoms with Crippen LogP contribution in [0.4, 0.5) is 8.78 Å². The molecule has 1 aromatic heterocycles. The second-order valence-corrected chi connectivity index (χ2v) is 5.15. The van der Waals surface area contributed by atoms with Gasteiger partial charge in [0, 0.05) is 23.4 Å². The molecule has 1 aromatic carbocycles. The summed E-state index contributed by atoms with van der Waals surface area (Å²) in [4.78, 5) is 0. The molecule has 0 saturated carbocycles. The lowest BCUT2D eigenvalue weighted by molar-refractivity contribution is -0.0499. The van der Waals surface area contributed by atoms with Crippen LogP contribution in [0.2, 0.25) is 0 Å². The lowest BCUT2D eigenvalue weighted by Crippen LogP contribution is -2.03. The highest BCUT2D eigenvalue weighted by Crippen LogP contribution is 2.37. The monoisotopic (exact) mass is 330 g/mol. The molecule has 0 unspecified atom stereocenters. The quantitative estimate of drug-likeness (QED) is 0.825. The van der Waals surface area contributed by atoms with Crippen molar-refractivity contribution in [1.29, 1.82) is 0 Å². The summed E-state index contributed by atoms with van der Waals surface area (Å²) in [6.45, 7) is 1.13. The van der Waals surface area contributed by atoms with E-state index < -0.39 is 6.61 Å². The third-order valence-electron chi connectivity index (χ3n) is 2.62. The van der Waals surface area contributed by atoms with E-state index in [9.17, 15) is 8.78 Å². The van der Waals surface area contributed by atoms with Gasteiger partial charge in [-0.1, -0.05) is 12.1 Å². The summed E-state index contributed by atoms with van der Waals surface area (Å²) in [5.74, 6) is 0.126. The van der Waals surface area contributed by atoms with Crippen LogP contribution < -0.4 is 4.74 Å². The number of nitrogens with zero attached hydrogens (tertiary/aromatic N) is 2. The van der Waals surface area contributed by atoms with Gasteiger partial charge >= 0.3 is 6.61 Å². The summed E-state index contributed by atoms with van der Waals surface area (Å²) in [6, 6.07) is 5.36. The summed E-state index contributed by atoms with van der Waals surface area (Å²) in [5.41, 5.74) is 1.33. The average molecular weight is 331 g/mol. The number of halogens is 3. The first-order valence-electron chi connectivity index (χ1n) is 5.77. The second kappa shape index (κ2) is 5.69. The van der Waals surface area contributed by atoms with Gasteiger partial charge in [-0.25, -0.2) is 0 Å². The molecule has 19 heavy (non-hydrogen) atoms. The normalized spacial score (nSPS) is 11.3. The van der Waals surface area contributed by atoms with Gasteiger partial charge in [0.15, 0.2) is 0 Å². The van der Waals surface area contributed by atoms with Crippen molar-refractivity contribution in [3.05, 3.63) is 35.1 Å². The summed E-state index contributed by atoms with van der Waals surface area (Å²) >= 11 is 3.22. The highest BCUT2D eigenvalue weighted by Gasteiger charge is 2.16. The highest BCUT2D eigenvalue weighted by atomic mass is 79.9. The van der Waals surface area contributed by atoms with Gasteiger partial charge in [-0.2, -0.15) is 13.9 Å². The molecule has 0 fully saturated rings. The number of para-hydroxylation sites is 1. The average Bonchev–Trinajstić information content (AvgIpc) is 2.80. The Morgan fingerprint density at radius 1 is 1.32 bits per heavy atom. The molecule has 0 bridgehead atoms. The molecule has 0 N–H and O–H groups in total. The van der Waals surface area contributed by atoms with Crippen molar-refractivity contribution in [3.63, 3.8) is 0 Å². The van der Waals surface area contributed by atoms with Gasteiger partial charge in [0.25, 0.3) is 0 Å². The molecule has 0 spiro atoms. The number of ether oxygens (including phenoxy) is 1. The van der Waals surface area contributed by atoms with Crippen molar-refractivity contribution in [2.45, 2.75) is 26.5 Å². The Hall–Kier alpha value is -1.43. The third-order valence-corrected chi connectivity index (χ3v) is 3.24. The van der Waals surface area contributed by atoms with Crippen LogP contribution in [0, 0.1) is 0 Å². The highest BCUT2D eigenvalue weighted by molar-refractivity contribution is 9.10. The molecule has 0 aliphatic rings. The van der Waals surface area contributed by atoms with Crippen molar-refractivity contribution in [3.8, 4) is 16.9 Å². The van der Waals surface area contributed by atoms with Crippen LogP contribution in [0.1, 0.15) is 19.9 Å². The molecular formula is C13H13BrF2N2O. The van der Waals surface area contributed by atoms with Crippen LogP contribution in [-0.2, 0) is 0 Å². The number of hydrogen-bond acceptors (Lipinski definition) is 2. The lowest BCUT2D eigenvalue weighted by Gasteiger charge is -2.11. The van der Waals surface area contributed by atoms with E-state index in [1.54, 1.807) is 29.1 Å². The molecule has 0 aliphatic heterocycles. The number of rotatable bonds is 4. The SMILES string of the molecule is CC(C)n1cc(-c2cccc(Br)c2OC(F)F)cn1. The predicted molar refractivity (Wildman–Crippen MR) is 72.4 cm³/mol. The van der Waals surface area contributed by atoms with Crippen LogP contribution in [-0.4, -0.2) is 16.4 Å². The van der Waals surface area contributed by atoms with Gasteiger partial charge in [0.2, 0.25) is 0 Å². The fourth-order valence-corrected chi connectivity index (χ4v) is 2.16. The summed E-state index contributed by atoms with van der Waals surface area (Å²) in [6.07, 6.45) is 3.45. The molecule has 2 rings (SSSR count). The van der Waals surface area contributed by atoms with Crippen LogP contribution in [0.3, 0.4) is 0 Å². The molecule has 102 valence electrons. The topological polar surface area (TPSA) is 27.1 Å².